The molecule has 0 aliphatic carbocycles. The van der Waals surface area contributed by atoms with Crippen molar-refractivity contribution >= 4 is 5.91 Å². The number of nitrogens with two attached hydrogens (primary N) is 1. The molecule has 0 radical (unpaired) electrons. The highest BCUT2D eigenvalue weighted by Crippen LogP contribution is 2.11. The number of carbonyl (C=O) groups is 1. The number of carbonyl (C=O) groups excluding carboxylic acids is 1. The molecule has 0 spiro atoms. The van der Waals surface area contributed by atoms with Crippen LogP contribution in [0.15, 0.2) is 0 Å². The molecule has 1 atom stereocenters. The maximum absolute atomic E-state index is 12.0. The van der Waals surface area contributed by atoms with E-state index in [9.17, 15) is 4.79 Å². The maximum Gasteiger partial charge on any atom is 0.222 e. The minimum Gasteiger partial charge on any atom is -0.351 e. The molecule has 1 fully saturated rings. The van der Waals surface area contributed by atoms with Crippen LogP contribution in [0.2, 0.25) is 0 Å². The van der Waals surface area contributed by atoms with Gasteiger partial charge in [-0.3, -0.25) is 14.6 Å². The van der Waals surface area contributed by atoms with Gasteiger partial charge in [0.05, 0.1) is 0 Å². The highest BCUT2D eigenvalue weighted by molar-refractivity contribution is 5.77. The number of hydrogen-bond donors (Lipinski definition) is 2. The summed E-state index contributed by atoms with van der Waals surface area (Å²) in [6.07, 6.45) is 0.495. The second-order valence-electron chi connectivity index (χ2n) is 7.06. The van der Waals surface area contributed by atoms with Crippen LogP contribution in [0, 0.1) is 0 Å². The molecular formula is C15H32N4O. The number of nitrogens with zero attached hydrogens (tertiary/aromatic N) is 2. The first kappa shape index (κ1) is 17.4. The molecule has 0 aromatic carbocycles. The van der Waals surface area contributed by atoms with Gasteiger partial charge in [0.15, 0.2) is 0 Å². The Hall–Kier alpha value is -0.650. The third-order valence-electron chi connectivity index (χ3n) is 3.80. The second-order valence-corrected chi connectivity index (χ2v) is 7.06. The standard InChI is InChI=1S/C15H32N4O/c1-12(2)18-6-8-19(9-7-18)13(11-16)10-14(20)17-15(3,4)5/h12-13H,6-11,16H2,1-5H3,(H,17,20). The van der Waals surface area contributed by atoms with Crippen molar-refractivity contribution < 1.29 is 4.79 Å². The predicted octanol–water partition coefficient (Wildman–Crippen LogP) is 0.645. The fourth-order valence-electron chi connectivity index (χ4n) is 2.66. The van der Waals surface area contributed by atoms with Crippen LogP contribution in [0.1, 0.15) is 41.0 Å². The van der Waals surface area contributed by atoms with Crippen molar-refractivity contribution in [3.05, 3.63) is 0 Å². The van der Waals surface area contributed by atoms with Crippen LogP contribution in [0.25, 0.3) is 0 Å². The quantitative estimate of drug-likeness (QED) is 0.778. The van der Waals surface area contributed by atoms with Crippen molar-refractivity contribution in [3.63, 3.8) is 0 Å². The molecule has 1 rings (SSSR count). The number of hydrogen-bond acceptors (Lipinski definition) is 4. The average molecular weight is 284 g/mol. The van der Waals surface area contributed by atoms with E-state index in [0.717, 1.165) is 26.2 Å². The number of rotatable bonds is 5. The molecule has 1 saturated heterocycles. The molecule has 118 valence electrons. The Morgan fingerprint density at radius 2 is 1.65 bits per heavy atom. The van der Waals surface area contributed by atoms with E-state index in [2.05, 4.69) is 29.0 Å². The maximum atomic E-state index is 12.0. The van der Waals surface area contributed by atoms with Gasteiger partial charge in [0, 0.05) is 56.8 Å². The normalized spacial score (nSPS) is 20.1. The largest absolute Gasteiger partial charge is 0.351 e. The van der Waals surface area contributed by atoms with Gasteiger partial charge in [0.1, 0.15) is 0 Å². The van der Waals surface area contributed by atoms with Crippen molar-refractivity contribution in [2.75, 3.05) is 32.7 Å². The first-order valence-electron chi connectivity index (χ1n) is 7.72. The highest BCUT2D eigenvalue weighted by atomic mass is 16.1. The minimum atomic E-state index is -0.174. The predicted molar refractivity (Wildman–Crippen MR) is 83.6 cm³/mol. The highest BCUT2D eigenvalue weighted by Gasteiger charge is 2.26. The Morgan fingerprint density at radius 1 is 1.15 bits per heavy atom. The fourth-order valence-corrected chi connectivity index (χ4v) is 2.66. The van der Waals surface area contributed by atoms with Crippen LogP contribution in [0.5, 0.6) is 0 Å². The van der Waals surface area contributed by atoms with Gasteiger partial charge in [-0.1, -0.05) is 0 Å². The summed E-state index contributed by atoms with van der Waals surface area (Å²) >= 11 is 0. The zero-order chi connectivity index (χ0) is 15.3. The third kappa shape index (κ3) is 5.77. The molecule has 0 aromatic rings. The van der Waals surface area contributed by atoms with E-state index < -0.39 is 0 Å². The third-order valence-corrected chi connectivity index (χ3v) is 3.80. The first-order chi connectivity index (χ1) is 9.23. The molecule has 1 aliphatic rings. The van der Waals surface area contributed by atoms with Crippen LogP contribution >= 0.6 is 0 Å². The van der Waals surface area contributed by atoms with E-state index in [-0.39, 0.29) is 17.5 Å². The zero-order valence-electron chi connectivity index (χ0n) is 13.8. The molecule has 1 unspecified atom stereocenters. The molecule has 1 aliphatic heterocycles. The molecule has 0 saturated carbocycles. The lowest BCUT2D eigenvalue weighted by atomic mass is 10.1. The van der Waals surface area contributed by atoms with Crippen LogP contribution < -0.4 is 11.1 Å². The van der Waals surface area contributed by atoms with Crippen molar-refractivity contribution in [2.45, 2.75) is 58.7 Å². The van der Waals surface area contributed by atoms with E-state index in [1.165, 1.54) is 0 Å². The Balaban J connectivity index is 2.45. The van der Waals surface area contributed by atoms with Crippen LogP contribution in [-0.4, -0.2) is 66.1 Å². The minimum absolute atomic E-state index is 0.0965. The van der Waals surface area contributed by atoms with Gasteiger partial charge in [-0.2, -0.15) is 0 Å². The average Bonchev–Trinajstić information content (AvgIpc) is 2.34. The topological polar surface area (TPSA) is 61.6 Å². The summed E-state index contributed by atoms with van der Waals surface area (Å²) in [7, 11) is 0. The summed E-state index contributed by atoms with van der Waals surface area (Å²) in [5.74, 6) is 0.0965. The number of piperazine rings is 1. The van der Waals surface area contributed by atoms with Crippen LogP contribution in [0.3, 0.4) is 0 Å². The molecule has 1 heterocycles. The van der Waals surface area contributed by atoms with Gasteiger partial charge in [0.2, 0.25) is 5.91 Å². The molecule has 0 aromatic heterocycles. The van der Waals surface area contributed by atoms with E-state index >= 15 is 0 Å². The van der Waals surface area contributed by atoms with Gasteiger partial charge >= 0.3 is 0 Å². The van der Waals surface area contributed by atoms with Crippen molar-refractivity contribution in [2.24, 2.45) is 5.73 Å². The molecule has 3 N–H and O–H groups in total. The van der Waals surface area contributed by atoms with Gasteiger partial charge in [-0.05, 0) is 34.6 Å². The van der Waals surface area contributed by atoms with E-state index in [1.54, 1.807) is 0 Å². The van der Waals surface area contributed by atoms with Crippen molar-refractivity contribution in [3.8, 4) is 0 Å². The molecule has 5 nitrogen and oxygen atoms in total. The Kier molecular flexibility index (Phi) is 6.43. The summed E-state index contributed by atoms with van der Waals surface area (Å²) < 4.78 is 0. The fraction of sp³-hybridized carbons (Fsp3) is 0.933. The molecule has 0 bridgehead atoms. The lowest BCUT2D eigenvalue weighted by molar-refractivity contribution is -0.123. The smallest absolute Gasteiger partial charge is 0.222 e. The van der Waals surface area contributed by atoms with Crippen molar-refractivity contribution in [1.29, 1.82) is 0 Å². The molecule has 20 heavy (non-hydrogen) atoms. The van der Waals surface area contributed by atoms with Gasteiger partial charge < -0.3 is 11.1 Å². The molecular weight excluding hydrogens is 252 g/mol. The van der Waals surface area contributed by atoms with Crippen molar-refractivity contribution in [1.82, 2.24) is 15.1 Å². The lowest BCUT2D eigenvalue weighted by Gasteiger charge is -2.40. The summed E-state index contributed by atoms with van der Waals surface area (Å²) in [5.41, 5.74) is 5.70. The zero-order valence-corrected chi connectivity index (χ0v) is 13.8. The van der Waals surface area contributed by atoms with Gasteiger partial charge in [-0.15, -0.1) is 0 Å². The van der Waals surface area contributed by atoms with Gasteiger partial charge in [-0.25, -0.2) is 0 Å². The Bertz CT molecular complexity index is 303. The Labute approximate surface area is 123 Å². The summed E-state index contributed by atoms with van der Waals surface area (Å²) in [6.45, 7) is 15.1. The molecule has 5 heteroatoms. The second kappa shape index (κ2) is 7.38. The SMILES string of the molecule is CC(C)N1CCN(C(CN)CC(=O)NC(C)(C)C)CC1. The molecule has 1 amide bonds. The van der Waals surface area contributed by atoms with E-state index in [4.69, 9.17) is 5.73 Å². The summed E-state index contributed by atoms with van der Waals surface area (Å²) in [6, 6.07) is 0.754. The van der Waals surface area contributed by atoms with E-state index in [1.807, 2.05) is 20.8 Å². The number of amides is 1. The van der Waals surface area contributed by atoms with E-state index in [0.29, 0.717) is 19.0 Å². The number of nitrogens with one attached hydrogen (secondary N) is 1. The first-order valence-corrected chi connectivity index (χ1v) is 7.72. The monoisotopic (exact) mass is 284 g/mol. The summed E-state index contributed by atoms with van der Waals surface area (Å²) in [4.78, 5) is 16.9. The summed E-state index contributed by atoms with van der Waals surface area (Å²) in [5, 5.41) is 3.02. The van der Waals surface area contributed by atoms with Crippen LogP contribution in [-0.2, 0) is 4.79 Å². The van der Waals surface area contributed by atoms with Crippen LogP contribution in [0.4, 0.5) is 0 Å². The lowest BCUT2D eigenvalue weighted by Crippen LogP contribution is -2.55. The van der Waals surface area contributed by atoms with Gasteiger partial charge in [0.25, 0.3) is 0 Å². The Morgan fingerprint density at radius 3 is 2.05 bits per heavy atom.